The molecule has 0 atom stereocenters. The Hall–Kier alpha value is -4.51. The van der Waals surface area contributed by atoms with Gasteiger partial charge in [0.2, 0.25) is 15.9 Å². The van der Waals surface area contributed by atoms with Crippen molar-refractivity contribution in [3.63, 3.8) is 0 Å². The van der Waals surface area contributed by atoms with E-state index >= 15 is 0 Å². The minimum atomic E-state index is -4.81. The molecule has 0 aliphatic rings. The molecule has 0 saturated heterocycles. The molecular formula is C31H24BrF6N3O6S. The molecular weight excluding hydrogens is 736 g/mol. The summed E-state index contributed by atoms with van der Waals surface area (Å²) in [5.41, 5.74) is 0.210. The zero-order chi connectivity index (χ0) is 35.0. The van der Waals surface area contributed by atoms with Gasteiger partial charge in [-0.2, -0.15) is 26.3 Å². The molecule has 2 N–H and O–H groups in total. The quantitative estimate of drug-likeness (QED) is 0.155. The van der Waals surface area contributed by atoms with Crippen LogP contribution in [0.3, 0.4) is 0 Å². The second-order valence-electron chi connectivity index (χ2n) is 10.7. The fraction of sp³-hybridized carbons (Fsp3) is 0.226. The topological polar surface area (TPSA) is 119 Å². The van der Waals surface area contributed by atoms with Crippen LogP contribution in [0.4, 0.5) is 26.3 Å². The molecule has 5 rings (SSSR count). The summed E-state index contributed by atoms with van der Waals surface area (Å²) >= 11 is 3.30. The lowest BCUT2D eigenvalue weighted by molar-refractivity contribution is -0.154. The van der Waals surface area contributed by atoms with Gasteiger partial charge in [-0.1, -0.05) is 46.3 Å². The normalized spacial score (nSPS) is 12.4. The monoisotopic (exact) mass is 759 g/mol. The van der Waals surface area contributed by atoms with E-state index in [1.165, 1.54) is 43.5 Å². The standard InChI is InChI=1S/C31H24BrF6N3O6S/c1-17-11-18(14-48(44,45)40-24(42)12-19-5-2-3-7-22(19)32)8-9-23(17)41-13-21-25(29(41)43)27(46-15-30(33,34)35)20-6-4-10-39-26(20)28(21)47-16-31(36,37)38/h2-11,13,39H,12,14-16H2,1H3,(H,40,42). The van der Waals surface area contributed by atoms with Crippen LogP contribution in [0.5, 0.6) is 11.5 Å². The molecule has 0 spiro atoms. The molecule has 9 nitrogen and oxygen atoms in total. The molecule has 48 heavy (non-hydrogen) atoms. The van der Waals surface area contributed by atoms with Crippen LogP contribution in [0, 0.1) is 6.92 Å². The summed E-state index contributed by atoms with van der Waals surface area (Å²) in [5, 5.41) is -0.835. The van der Waals surface area contributed by atoms with Crippen LogP contribution in [-0.4, -0.2) is 49.4 Å². The highest BCUT2D eigenvalue weighted by Crippen LogP contribution is 2.42. The van der Waals surface area contributed by atoms with E-state index in [1.54, 1.807) is 24.3 Å². The van der Waals surface area contributed by atoms with Gasteiger partial charge in [0.05, 0.1) is 34.2 Å². The molecule has 0 aliphatic carbocycles. The number of nitrogens with one attached hydrogen (secondary N) is 2. The number of aryl methyl sites for hydroxylation is 1. The molecule has 5 aromatic rings. The highest BCUT2D eigenvalue weighted by molar-refractivity contribution is 9.10. The molecule has 0 radical (unpaired) electrons. The Bertz CT molecular complexity index is 2200. The number of amides is 1. The molecule has 3 aromatic carbocycles. The average Bonchev–Trinajstić information content (AvgIpc) is 3.30. The predicted octanol–water partition coefficient (Wildman–Crippen LogP) is 6.61. The fourth-order valence-electron chi connectivity index (χ4n) is 5.11. The predicted molar refractivity (Wildman–Crippen MR) is 168 cm³/mol. The Kier molecular flexibility index (Phi) is 9.56. The van der Waals surface area contributed by atoms with Gasteiger partial charge < -0.3 is 14.5 Å². The van der Waals surface area contributed by atoms with Crippen LogP contribution in [0.1, 0.15) is 16.7 Å². The smallest absolute Gasteiger partial charge is 0.422 e. The Labute approximate surface area is 276 Å². The first-order chi connectivity index (χ1) is 22.4. The van der Waals surface area contributed by atoms with Crippen molar-refractivity contribution in [2.24, 2.45) is 0 Å². The second-order valence-corrected chi connectivity index (χ2v) is 13.3. The number of ether oxygens (including phenoxy) is 2. The number of benzene rings is 3. The van der Waals surface area contributed by atoms with Crippen LogP contribution in [-0.2, 0) is 27.0 Å². The lowest BCUT2D eigenvalue weighted by atomic mass is 10.1. The van der Waals surface area contributed by atoms with E-state index in [0.29, 0.717) is 15.6 Å². The molecule has 1 amide bonds. The number of pyridine rings is 1. The number of carbonyl (C=O) groups excluding carboxylic acids is 1. The van der Waals surface area contributed by atoms with Crippen LogP contribution in [0.2, 0.25) is 0 Å². The van der Waals surface area contributed by atoms with Crippen molar-refractivity contribution in [3.8, 4) is 17.2 Å². The first-order valence-electron chi connectivity index (χ1n) is 13.9. The van der Waals surface area contributed by atoms with Gasteiger partial charge in [0, 0.05) is 22.3 Å². The van der Waals surface area contributed by atoms with Crippen molar-refractivity contribution >= 4 is 53.5 Å². The van der Waals surface area contributed by atoms with Crippen molar-refractivity contribution in [2.75, 3.05) is 13.2 Å². The summed E-state index contributed by atoms with van der Waals surface area (Å²) in [6.45, 7) is -2.03. The average molecular weight is 761 g/mol. The summed E-state index contributed by atoms with van der Waals surface area (Å²) in [6.07, 6.45) is -7.37. The number of carbonyl (C=O) groups is 1. The van der Waals surface area contributed by atoms with Gasteiger partial charge in [0.15, 0.2) is 19.0 Å². The SMILES string of the molecule is Cc1cc(CS(=O)(=O)NC(=O)Cc2ccccc2Br)ccc1-n1cc2c(OCC(F)(F)F)c3[nH]cccc3c(OCC(F)(F)F)c2c1=O. The number of sulfonamides is 1. The summed E-state index contributed by atoms with van der Waals surface area (Å²) in [7, 11) is -4.16. The molecule has 2 aromatic heterocycles. The summed E-state index contributed by atoms with van der Waals surface area (Å²) in [5.74, 6) is -2.33. The van der Waals surface area contributed by atoms with Gasteiger partial charge in [0.25, 0.3) is 5.56 Å². The number of hydrogen-bond donors (Lipinski definition) is 2. The number of aromatic nitrogens is 2. The van der Waals surface area contributed by atoms with Gasteiger partial charge in [0.1, 0.15) is 5.75 Å². The second kappa shape index (κ2) is 13.2. The number of hydrogen-bond acceptors (Lipinski definition) is 6. The maximum absolute atomic E-state index is 13.8. The summed E-state index contributed by atoms with van der Waals surface area (Å²) in [4.78, 5) is 28.9. The molecule has 2 heterocycles. The van der Waals surface area contributed by atoms with E-state index in [9.17, 15) is 44.3 Å². The highest BCUT2D eigenvalue weighted by Gasteiger charge is 2.33. The van der Waals surface area contributed by atoms with E-state index in [1.807, 2.05) is 4.72 Å². The van der Waals surface area contributed by atoms with E-state index in [2.05, 4.69) is 20.9 Å². The third kappa shape index (κ3) is 7.95. The first-order valence-corrected chi connectivity index (χ1v) is 16.3. The molecule has 0 aliphatic heterocycles. The molecule has 17 heteroatoms. The Balaban J connectivity index is 1.53. The minimum Gasteiger partial charge on any atom is -0.483 e. The molecule has 0 unspecified atom stereocenters. The minimum absolute atomic E-state index is 0.125. The summed E-state index contributed by atoms with van der Waals surface area (Å²) < 4.78 is 119. The Morgan fingerprint density at radius 2 is 1.60 bits per heavy atom. The van der Waals surface area contributed by atoms with E-state index in [-0.39, 0.29) is 34.0 Å². The van der Waals surface area contributed by atoms with Crippen LogP contribution >= 0.6 is 15.9 Å². The zero-order valence-corrected chi connectivity index (χ0v) is 27.0. The Morgan fingerprint density at radius 1 is 0.938 bits per heavy atom. The van der Waals surface area contributed by atoms with Crippen LogP contribution < -0.4 is 19.8 Å². The number of H-pyrrole nitrogens is 1. The van der Waals surface area contributed by atoms with Crippen molar-refractivity contribution in [1.82, 2.24) is 14.3 Å². The van der Waals surface area contributed by atoms with E-state index in [0.717, 1.165) is 10.8 Å². The largest absolute Gasteiger partial charge is 0.483 e. The molecule has 0 saturated carbocycles. The zero-order valence-electron chi connectivity index (χ0n) is 24.6. The molecule has 254 valence electrons. The first kappa shape index (κ1) is 34.8. The highest BCUT2D eigenvalue weighted by atomic mass is 79.9. The number of halogens is 7. The maximum Gasteiger partial charge on any atom is 0.422 e. The van der Waals surface area contributed by atoms with Gasteiger partial charge in [-0.3, -0.25) is 18.9 Å². The van der Waals surface area contributed by atoms with Gasteiger partial charge in [-0.15, -0.1) is 0 Å². The van der Waals surface area contributed by atoms with Crippen molar-refractivity contribution in [2.45, 2.75) is 31.5 Å². The maximum atomic E-state index is 13.8. The third-order valence-corrected chi connectivity index (χ3v) is 9.00. The number of rotatable bonds is 10. The molecule has 0 bridgehead atoms. The number of fused-ring (bicyclic) bond motifs is 2. The van der Waals surface area contributed by atoms with Gasteiger partial charge >= 0.3 is 12.4 Å². The van der Waals surface area contributed by atoms with Gasteiger partial charge in [-0.05, 0) is 47.9 Å². The van der Waals surface area contributed by atoms with Crippen molar-refractivity contribution < 1.29 is 49.0 Å². The van der Waals surface area contributed by atoms with Crippen LogP contribution in [0.25, 0.3) is 27.4 Å². The molecule has 0 fully saturated rings. The Morgan fingerprint density at radius 3 is 2.25 bits per heavy atom. The lowest BCUT2D eigenvalue weighted by Gasteiger charge is -2.16. The fourth-order valence-corrected chi connectivity index (χ4v) is 6.64. The van der Waals surface area contributed by atoms with E-state index in [4.69, 9.17) is 9.47 Å². The van der Waals surface area contributed by atoms with Gasteiger partial charge in [-0.25, -0.2) is 8.42 Å². The van der Waals surface area contributed by atoms with Crippen molar-refractivity contribution in [3.05, 3.63) is 98.5 Å². The number of aromatic amines is 1. The van der Waals surface area contributed by atoms with Crippen molar-refractivity contribution in [1.29, 1.82) is 0 Å². The van der Waals surface area contributed by atoms with E-state index < -0.39 is 69.7 Å². The third-order valence-electron chi connectivity index (χ3n) is 6.98. The number of alkyl halides is 6. The number of nitrogens with zero attached hydrogens (tertiary/aromatic N) is 1. The lowest BCUT2D eigenvalue weighted by Crippen LogP contribution is -2.32. The summed E-state index contributed by atoms with van der Waals surface area (Å²) in [6, 6.07) is 13.6. The van der Waals surface area contributed by atoms with Crippen LogP contribution in [0.15, 0.2) is 76.3 Å².